The van der Waals surface area contributed by atoms with Crippen molar-refractivity contribution in [3.05, 3.63) is 0 Å². The second-order valence-corrected chi connectivity index (χ2v) is 6.04. The molecule has 0 bridgehead atoms. The molecule has 0 aromatic rings. The van der Waals surface area contributed by atoms with Gasteiger partial charge in [0.2, 0.25) is 5.91 Å². The van der Waals surface area contributed by atoms with Crippen molar-refractivity contribution in [1.29, 1.82) is 0 Å². The zero-order valence-corrected chi connectivity index (χ0v) is 14.1. The van der Waals surface area contributed by atoms with Gasteiger partial charge in [0.1, 0.15) is 5.60 Å². The Balaban J connectivity index is 3.58. The van der Waals surface area contributed by atoms with Crippen molar-refractivity contribution >= 4 is 24.2 Å². The minimum Gasteiger partial charge on any atom is -0.481 e. The predicted molar refractivity (Wildman–Crippen MR) is 86.2 cm³/mol. The minimum absolute atomic E-state index is 0.157. The van der Waals surface area contributed by atoms with Gasteiger partial charge in [0.15, 0.2) is 0 Å². The van der Waals surface area contributed by atoms with Crippen LogP contribution in [0.4, 0.5) is 4.79 Å². The molecule has 0 aliphatic heterocycles. The zero-order valence-electron chi connectivity index (χ0n) is 14.1. The van der Waals surface area contributed by atoms with Crippen LogP contribution >= 0.6 is 0 Å². The lowest BCUT2D eigenvalue weighted by Gasteiger charge is -2.19. The van der Waals surface area contributed by atoms with E-state index in [0.29, 0.717) is 19.3 Å². The first-order valence-corrected chi connectivity index (χ1v) is 7.69. The summed E-state index contributed by atoms with van der Waals surface area (Å²) in [6.45, 7) is 5.46. The number of nitrogens with zero attached hydrogens (tertiary/aromatic N) is 1. The average Bonchev–Trinajstić information content (AvgIpc) is 2.40. The summed E-state index contributed by atoms with van der Waals surface area (Å²) in [7, 11) is 0. The zero-order chi connectivity index (χ0) is 17.7. The van der Waals surface area contributed by atoms with E-state index in [1.54, 1.807) is 20.8 Å². The first-order valence-electron chi connectivity index (χ1n) is 7.69. The Hall–Kier alpha value is -2.12. The number of hydrazone groups is 1. The number of nitrogens with one attached hydrogen (secondary N) is 2. The van der Waals surface area contributed by atoms with Crippen LogP contribution in [0.5, 0.6) is 0 Å². The summed E-state index contributed by atoms with van der Waals surface area (Å²) < 4.78 is 5.03. The van der Waals surface area contributed by atoms with Crippen molar-refractivity contribution in [2.75, 3.05) is 6.54 Å². The van der Waals surface area contributed by atoms with Crippen molar-refractivity contribution in [2.45, 2.75) is 64.9 Å². The highest BCUT2D eigenvalue weighted by molar-refractivity contribution is 5.77. The monoisotopic (exact) mass is 329 g/mol. The van der Waals surface area contributed by atoms with Crippen LogP contribution in [-0.2, 0) is 14.3 Å². The molecule has 0 aromatic heterocycles. The third-order valence-corrected chi connectivity index (χ3v) is 2.56. The number of hydrogen-bond acceptors (Lipinski definition) is 5. The summed E-state index contributed by atoms with van der Waals surface area (Å²) in [5.74, 6) is -1.01. The van der Waals surface area contributed by atoms with E-state index >= 15 is 0 Å². The number of carboxylic acid groups (broad SMARTS) is 1. The quantitative estimate of drug-likeness (QED) is 0.322. The fraction of sp³-hybridized carbons (Fsp3) is 0.733. The van der Waals surface area contributed by atoms with Crippen LogP contribution in [-0.4, -0.2) is 41.4 Å². The lowest BCUT2D eigenvalue weighted by atomic mass is 10.1. The Bertz CT molecular complexity index is 416. The van der Waals surface area contributed by atoms with Crippen molar-refractivity contribution in [3.8, 4) is 0 Å². The predicted octanol–water partition coefficient (Wildman–Crippen LogP) is 2.04. The largest absolute Gasteiger partial charge is 0.481 e. The number of ether oxygens (including phenoxy) is 1. The molecule has 0 saturated carbocycles. The summed E-state index contributed by atoms with van der Waals surface area (Å²) in [5.41, 5.74) is 1.80. The van der Waals surface area contributed by atoms with Crippen LogP contribution in [0.25, 0.3) is 0 Å². The van der Waals surface area contributed by atoms with Crippen molar-refractivity contribution in [2.24, 2.45) is 5.10 Å². The number of amides is 2. The molecule has 3 N–H and O–H groups in total. The van der Waals surface area contributed by atoms with Gasteiger partial charge in [0, 0.05) is 19.1 Å². The summed E-state index contributed by atoms with van der Waals surface area (Å²) in [5, 5.41) is 14.7. The molecule has 0 aliphatic rings. The van der Waals surface area contributed by atoms with Crippen molar-refractivity contribution < 1.29 is 24.2 Å². The molecule has 0 atom stereocenters. The molecular weight excluding hydrogens is 302 g/mol. The number of unbranched alkanes of at least 4 members (excludes halogenated alkanes) is 3. The fourth-order valence-corrected chi connectivity index (χ4v) is 1.58. The second kappa shape index (κ2) is 11.4. The van der Waals surface area contributed by atoms with Crippen LogP contribution in [0.3, 0.4) is 0 Å². The van der Waals surface area contributed by atoms with E-state index in [0.717, 1.165) is 12.8 Å². The second-order valence-electron chi connectivity index (χ2n) is 6.04. The Morgan fingerprint density at radius 3 is 2.26 bits per heavy atom. The Kier molecular flexibility index (Phi) is 10.4. The van der Waals surface area contributed by atoms with Gasteiger partial charge in [0.05, 0.1) is 6.54 Å². The van der Waals surface area contributed by atoms with Gasteiger partial charge < -0.3 is 15.2 Å². The molecule has 0 heterocycles. The molecule has 0 aromatic carbocycles. The van der Waals surface area contributed by atoms with E-state index in [4.69, 9.17) is 9.84 Å². The van der Waals surface area contributed by atoms with Gasteiger partial charge in [-0.1, -0.05) is 12.8 Å². The van der Waals surface area contributed by atoms with Gasteiger partial charge in [-0.3, -0.25) is 9.59 Å². The van der Waals surface area contributed by atoms with E-state index in [9.17, 15) is 14.4 Å². The number of carbonyl (C=O) groups is 3. The molecule has 0 spiro atoms. The SMILES string of the molecule is CC(C)(C)OC(=O)NC/C=N/NC(=O)CCCCCCC(=O)O. The molecule has 0 unspecified atom stereocenters. The molecule has 0 saturated heterocycles. The minimum atomic E-state index is -0.794. The van der Waals surface area contributed by atoms with Gasteiger partial charge in [-0.15, -0.1) is 0 Å². The van der Waals surface area contributed by atoms with Crippen LogP contribution in [0.15, 0.2) is 5.10 Å². The standard InChI is InChI=1S/C15H27N3O5/c1-15(2,3)23-14(22)16-10-11-17-18-12(19)8-6-4-5-7-9-13(20)21/h11H,4-10H2,1-3H3,(H,16,22)(H,18,19)(H,20,21)/b17-11+. The number of carbonyl (C=O) groups excluding carboxylic acids is 2. The molecule has 132 valence electrons. The summed E-state index contributed by atoms with van der Waals surface area (Å²) in [4.78, 5) is 33.1. The topological polar surface area (TPSA) is 117 Å². The van der Waals surface area contributed by atoms with Gasteiger partial charge in [-0.25, -0.2) is 10.2 Å². The Morgan fingerprint density at radius 1 is 1.09 bits per heavy atom. The lowest BCUT2D eigenvalue weighted by Crippen LogP contribution is -2.33. The van der Waals surface area contributed by atoms with E-state index in [1.165, 1.54) is 6.21 Å². The Morgan fingerprint density at radius 2 is 1.70 bits per heavy atom. The third-order valence-electron chi connectivity index (χ3n) is 2.56. The van der Waals surface area contributed by atoms with E-state index in [1.807, 2.05) is 0 Å². The van der Waals surface area contributed by atoms with E-state index in [2.05, 4.69) is 15.8 Å². The highest BCUT2D eigenvalue weighted by atomic mass is 16.6. The number of hydrogen-bond donors (Lipinski definition) is 3. The molecular formula is C15H27N3O5. The number of carboxylic acids is 1. The highest BCUT2D eigenvalue weighted by Crippen LogP contribution is 2.06. The van der Waals surface area contributed by atoms with Gasteiger partial charge in [0.25, 0.3) is 0 Å². The molecule has 8 nitrogen and oxygen atoms in total. The molecule has 0 aliphatic carbocycles. The van der Waals surface area contributed by atoms with Crippen LogP contribution in [0.1, 0.15) is 59.3 Å². The summed E-state index contributed by atoms with van der Waals surface area (Å²) in [6, 6.07) is 0. The van der Waals surface area contributed by atoms with Gasteiger partial charge in [-0.05, 0) is 33.6 Å². The van der Waals surface area contributed by atoms with Crippen molar-refractivity contribution in [3.63, 3.8) is 0 Å². The molecule has 0 fully saturated rings. The van der Waals surface area contributed by atoms with E-state index < -0.39 is 17.7 Å². The van der Waals surface area contributed by atoms with Crippen LogP contribution < -0.4 is 10.7 Å². The smallest absolute Gasteiger partial charge is 0.407 e. The fourth-order valence-electron chi connectivity index (χ4n) is 1.58. The lowest BCUT2D eigenvalue weighted by molar-refractivity contribution is -0.137. The molecule has 23 heavy (non-hydrogen) atoms. The number of rotatable bonds is 10. The van der Waals surface area contributed by atoms with Gasteiger partial charge in [-0.2, -0.15) is 5.10 Å². The maximum Gasteiger partial charge on any atom is 0.407 e. The van der Waals surface area contributed by atoms with Crippen molar-refractivity contribution in [1.82, 2.24) is 10.7 Å². The Labute approximate surface area is 136 Å². The number of aliphatic carboxylic acids is 1. The summed E-state index contributed by atoms with van der Waals surface area (Å²) >= 11 is 0. The van der Waals surface area contributed by atoms with Crippen LogP contribution in [0, 0.1) is 0 Å². The summed E-state index contributed by atoms with van der Waals surface area (Å²) in [6.07, 6.45) is 4.26. The highest BCUT2D eigenvalue weighted by Gasteiger charge is 2.15. The molecule has 0 rings (SSSR count). The average molecular weight is 329 g/mol. The van der Waals surface area contributed by atoms with Gasteiger partial charge >= 0.3 is 12.1 Å². The maximum atomic E-state index is 11.4. The van der Waals surface area contributed by atoms with E-state index in [-0.39, 0.29) is 18.9 Å². The number of alkyl carbamates (subject to hydrolysis) is 1. The molecule has 0 radical (unpaired) electrons. The first kappa shape index (κ1) is 20.9. The maximum absolute atomic E-state index is 11.4. The molecule has 2 amide bonds. The third kappa shape index (κ3) is 16.1. The van der Waals surface area contributed by atoms with Crippen LogP contribution in [0.2, 0.25) is 0 Å². The molecule has 8 heteroatoms. The first-order chi connectivity index (χ1) is 10.7. The normalized spacial score (nSPS) is 11.3.